The summed E-state index contributed by atoms with van der Waals surface area (Å²) in [6.45, 7) is 5.46. The first kappa shape index (κ1) is 13.7. The van der Waals surface area contributed by atoms with Crippen LogP contribution in [0.4, 0.5) is 0 Å². The van der Waals surface area contributed by atoms with E-state index in [0.717, 1.165) is 13.0 Å². The van der Waals surface area contributed by atoms with Gasteiger partial charge in [0.1, 0.15) is 0 Å². The number of hydrogen-bond donors (Lipinski definition) is 2. The van der Waals surface area contributed by atoms with Crippen molar-refractivity contribution in [1.82, 2.24) is 5.43 Å². The molecule has 2 saturated heterocycles. The lowest BCUT2D eigenvalue weighted by molar-refractivity contribution is -0.0860. The van der Waals surface area contributed by atoms with Gasteiger partial charge in [0.05, 0.1) is 5.60 Å². The standard InChI is InChI=1S/C13H26N2OS/c1-10(2)7-12(15-14)11-3-5-16-13(8-11)4-6-17-9-13/h10-12,15H,3-9,14H2,1-2H3. The predicted molar refractivity (Wildman–Crippen MR) is 73.9 cm³/mol. The Morgan fingerprint density at radius 2 is 2.35 bits per heavy atom. The van der Waals surface area contributed by atoms with Crippen LogP contribution in [0.25, 0.3) is 0 Å². The second-order valence-corrected chi connectivity index (χ2v) is 7.09. The number of thioether (sulfide) groups is 1. The molecule has 0 radical (unpaired) electrons. The van der Waals surface area contributed by atoms with Gasteiger partial charge in [0.2, 0.25) is 0 Å². The monoisotopic (exact) mass is 258 g/mol. The minimum atomic E-state index is 0.180. The minimum absolute atomic E-state index is 0.180. The van der Waals surface area contributed by atoms with Gasteiger partial charge in [-0.25, -0.2) is 0 Å². The van der Waals surface area contributed by atoms with Crippen molar-refractivity contribution in [2.24, 2.45) is 17.7 Å². The Bertz CT molecular complexity index is 242. The van der Waals surface area contributed by atoms with Gasteiger partial charge in [-0.2, -0.15) is 11.8 Å². The molecule has 2 rings (SSSR count). The van der Waals surface area contributed by atoms with E-state index < -0.39 is 0 Å². The Kier molecular flexibility index (Phi) is 4.75. The lowest BCUT2D eigenvalue weighted by Crippen LogP contribution is -2.49. The Morgan fingerprint density at radius 1 is 1.53 bits per heavy atom. The van der Waals surface area contributed by atoms with Crippen LogP contribution in [-0.4, -0.2) is 29.8 Å². The highest BCUT2D eigenvalue weighted by molar-refractivity contribution is 7.99. The largest absolute Gasteiger partial charge is 0.374 e. The number of nitrogens with one attached hydrogen (secondary N) is 1. The molecule has 3 N–H and O–H groups in total. The van der Waals surface area contributed by atoms with E-state index in [-0.39, 0.29) is 5.60 Å². The highest BCUT2D eigenvalue weighted by atomic mass is 32.2. The van der Waals surface area contributed by atoms with E-state index in [1.165, 1.54) is 30.8 Å². The van der Waals surface area contributed by atoms with Crippen molar-refractivity contribution in [3.63, 3.8) is 0 Å². The Balaban J connectivity index is 1.95. The lowest BCUT2D eigenvalue weighted by atomic mass is 9.79. The fourth-order valence-electron chi connectivity index (χ4n) is 3.18. The summed E-state index contributed by atoms with van der Waals surface area (Å²) in [6.07, 6.45) is 4.76. The smallest absolute Gasteiger partial charge is 0.0783 e. The molecule has 0 amide bonds. The van der Waals surface area contributed by atoms with E-state index in [2.05, 4.69) is 19.3 Å². The molecular weight excluding hydrogens is 232 g/mol. The molecule has 100 valence electrons. The SMILES string of the molecule is CC(C)CC(NN)C1CCOC2(CCSC2)C1. The summed E-state index contributed by atoms with van der Waals surface area (Å²) in [4.78, 5) is 0. The zero-order chi connectivity index (χ0) is 12.3. The van der Waals surface area contributed by atoms with Crippen molar-refractivity contribution < 1.29 is 4.74 Å². The average molecular weight is 258 g/mol. The van der Waals surface area contributed by atoms with E-state index in [1.54, 1.807) is 0 Å². The summed E-state index contributed by atoms with van der Waals surface area (Å²) in [7, 11) is 0. The van der Waals surface area contributed by atoms with Crippen molar-refractivity contribution in [2.75, 3.05) is 18.1 Å². The molecule has 1 spiro atoms. The quantitative estimate of drug-likeness (QED) is 0.599. The molecule has 0 aromatic heterocycles. The predicted octanol–water partition coefficient (Wildman–Crippen LogP) is 2.17. The van der Waals surface area contributed by atoms with Crippen LogP contribution in [0, 0.1) is 11.8 Å². The van der Waals surface area contributed by atoms with Gasteiger partial charge in [-0.05, 0) is 43.3 Å². The zero-order valence-corrected chi connectivity index (χ0v) is 11.9. The van der Waals surface area contributed by atoms with Gasteiger partial charge in [0.15, 0.2) is 0 Å². The first-order valence-electron chi connectivity index (χ1n) is 6.83. The molecule has 0 aromatic carbocycles. The molecule has 3 atom stereocenters. The van der Waals surface area contributed by atoms with Crippen LogP contribution in [0.1, 0.15) is 39.5 Å². The molecule has 2 fully saturated rings. The average Bonchev–Trinajstić information content (AvgIpc) is 2.74. The van der Waals surface area contributed by atoms with Crippen molar-refractivity contribution in [3.8, 4) is 0 Å². The molecule has 3 unspecified atom stereocenters. The van der Waals surface area contributed by atoms with Gasteiger partial charge in [-0.3, -0.25) is 11.3 Å². The first-order chi connectivity index (χ1) is 8.15. The molecule has 0 saturated carbocycles. The van der Waals surface area contributed by atoms with E-state index in [9.17, 15) is 0 Å². The van der Waals surface area contributed by atoms with Gasteiger partial charge in [-0.1, -0.05) is 13.8 Å². The second kappa shape index (κ2) is 5.91. The summed E-state index contributed by atoms with van der Waals surface area (Å²) >= 11 is 2.04. The Hall–Kier alpha value is 0.230. The van der Waals surface area contributed by atoms with Crippen LogP contribution >= 0.6 is 11.8 Å². The molecule has 3 nitrogen and oxygen atoms in total. The molecule has 2 aliphatic heterocycles. The van der Waals surface area contributed by atoms with Gasteiger partial charge < -0.3 is 4.74 Å². The number of hydrogen-bond acceptors (Lipinski definition) is 4. The Labute approximate surface area is 109 Å². The molecule has 17 heavy (non-hydrogen) atoms. The van der Waals surface area contributed by atoms with Gasteiger partial charge in [-0.15, -0.1) is 0 Å². The summed E-state index contributed by atoms with van der Waals surface area (Å²) in [6, 6.07) is 0.460. The molecule has 2 aliphatic rings. The zero-order valence-electron chi connectivity index (χ0n) is 11.1. The number of rotatable bonds is 4. The highest BCUT2D eigenvalue weighted by Gasteiger charge is 2.42. The van der Waals surface area contributed by atoms with Crippen molar-refractivity contribution in [3.05, 3.63) is 0 Å². The van der Waals surface area contributed by atoms with Crippen LogP contribution in [0.5, 0.6) is 0 Å². The van der Waals surface area contributed by atoms with Crippen LogP contribution in [0.15, 0.2) is 0 Å². The van der Waals surface area contributed by atoms with E-state index in [0.29, 0.717) is 17.9 Å². The summed E-state index contributed by atoms with van der Waals surface area (Å²) in [5.41, 5.74) is 3.23. The van der Waals surface area contributed by atoms with Crippen LogP contribution < -0.4 is 11.3 Å². The van der Waals surface area contributed by atoms with Crippen LogP contribution in [0.2, 0.25) is 0 Å². The molecule has 0 bridgehead atoms. The molecule has 2 heterocycles. The fourth-order valence-corrected chi connectivity index (χ4v) is 4.56. The maximum atomic E-state index is 6.07. The van der Waals surface area contributed by atoms with E-state index >= 15 is 0 Å². The third-order valence-corrected chi connectivity index (χ3v) is 5.33. The second-order valence-electron chi connectivity index (χ2n) is 5.99. The van der Waals surface area contributed by atoms with E-state index in [1.807, 2.05) is 11.8 Å². The number of nitrogens with two attached hydrogens (primary N) is 1. The van der Waals surface area contributed by atoms with Crippen molar-refractivity contribution >= 4 is 11.8 Å². The normalized spacial score (nSPS) is 35.6. The topological polar surface area (TPSA) is 47.3 Å². The molecule has 0 aliphatic carbocycles. The Morgan fingerprint density at radius 3 is 2.94 bits per heavy atom. The minimum Gasteiger partial charge on any atom is -0.374 e. The third kappa shape index (κ3) is 3.37. The van der Waals surface area contributed by atoms with Gasteiger partial charge >= 0.3 is 0 Å². The summed E-state index contributed by atoms with van der Waals surface area (Å²) in [5, 5.41) is 0. The maximum Gasteiger partial charge on any atom is 0.0783 e. The summed E-state index contributed by atoms with van der Waals surface area (Å²) < 4.78 is 6.07. The first-order valence-corrected chi connectivity index (χ1v) is 7.98. The lowest BCUT2D eigenvalue weighted by Gasteiger charge is -2.41. The molecule has 0 aromatic rings. The highest BCUT2D eigenvalue weighted by Crippen LogP contribution is 2.41. The fraction of sp³-hybridized carbons (Fsp3) is 1.00. The van der Waals surface area contributed by atoms with Crippen molar-refractivity contribution in [1.29, 1.82) is 0 Å². The molecular formula is C13H26N2OS. The third-order valence-electron chi connectivity index (χ3n) is 4.11. The number of ether oxygens (including phenoxy) is 1. The number of hydrazine groups is 1. The van der Waals surface area contributed by atoms with Gasteiger partial charge in [0.25, 0.3) is 0 Å². The van der Waals surface area contributed by atoms with E-state index in [4.69, 9.17) is 10.6 Å². The van der Waals surface area contributed by atoms with Crippen LogP contribution in [-0.2, 0) is 4.74 Å². The van der Waals surface area contributed by atoms with Crippen LogP contribution in [0.3, 0.4) is 0 Å². The summed E-state index contributed by atoms with van der Waals surface area (Å²) in [5.74, 6) is 9.58. The molecule has 4 heteroatoms. The maximum absolute atomic E-state index is 6.07. The van der Waals surface area contributed by atoms with Crippen molar-refractivity contribution in [2.45, 2.75) is 51.2 Å². The van der Waals surface area contributed by atoms with Gasteiger partial charge in [0, 0.05) is 18.4 Å².